The van der Waals surface area contributed by atoms with Crippen molar-refractivity contribution in [2.75, 3.05) is 18.5 Å². The van der Waals surface area contributed by atoms with E-state index < -0.39 is 0 Å². The molecule has 8 nitrogen and oxygen atoms in total. The van der Waals surface area contributed by atoms with Crippen LogP contribution in [0.4, 0.5) is 11.6 Å². The minimum absolute atomic E-state index is 0.0405. The van der Waals surface area contributed by atoms with Gasteiger partial charge in [-0.15, -0.1) is 0 Å². The van der Waals surface area contributed by atoms with Crippen molar-refractivity contribution in [1.29, 1.82) is 5.26 Å². The molecule has 0 radical (unpaired) electrons. The van der Waals surface area contributed by atoms with Gasteiger partial charge < -0.3 is 15.2 Å². The molecule has 0 aliphatic heterocycles. The Bertz CT molecular complexity index is 1110. The highest BCUT2D eigenvalue weighted by Crippen LogP contribution is 2.31. The molecule has 0 bridgehead atoms. The number of benzene rings is 1. The number of fused-ring (bicyclic) bond motifs is 1. The third kappa shape index (κ3) is 3.91. The molecule has 1 aromatic carbocycles. The maximum Gasteiger partial charge on any atom is 0.270 e. The smallest absolute Gasteiger partial charge is 0.270 e. The second-order valence-electron chi connectivity index (χ2n) is 6.98. The van der Waals surface area contributed by atoms with Crippen LogP contribution in [0.5, 0.6) is 5.75 Å². The van der Waals surface area contributed by atoms with Crippen molar-refractivity contribution in [2.24, 2.45) is 0 Å². The lowest BCUT2D eigenvalue weighted by Crippen LogP contribution is -2.26. The summed E-state index contributed by atoms with van der Waals surface area (Å²) in [7, 11) is 0. The average molecular weight is 391 g/mol. The lowest BCUT2D eigenvalue weighted by molar-refractivity contribution is 0.201. The number of anilines is 2. The third-order valence-electron chi connectivity index (χ3n) is 5.05. The van der Waals surface area contributed by atoms with Gasteiger partial charge in [0.15, 0.2) is 0 Å². The van der Waals surface area contributed by atoms with Crippen LogP contribution in [0.1, 0.15) is 37.3 Å². The largest absolute Gasteiger partial charge is 0.491 e. The van der Waals surface area contributed by atoms with E-state index in [9.17, 15) is 10.1 Å². The second-order valence-corrected chi connectivity index (χ2v) is 6.98. The SMILES string of the molecule is N#Cc1cc2cnc(Nc3ccc(OCCO)cc3)nc2n(C2CCCC2)c1=O. The molecule has 1 aliphatic carbocycles. The van der Waals surface area contributed by atoms with Gasteiger partial charge in [0.1, 0.15) is 29.6 Å². The van der Waals surface area contributed by atoms with E-state index >= 15 is 0 Å². The van der Waals surface area contributed by atoms with Crippen LogP contribution in [0.3, 0.4) is 0 Å². The molecule has 1 fully saturated rings. The summed E-state index contributed by atoms with van der Waals surface area (Å²) in [5, 5.41) is 22.0. The van der Waals surface area contributed by atoms with Crippen LogP contribution < -0.4 is 15.6 Å². The number of ether oxygens (including phenoxy) is 1. The highest BCUT2D eigenvalue weighted by atomic mass is 16.5. The fraction of sp³-hybridized carbons (Fsp3) is 0.333. The van der Waals surface area contributed by atoms with Crippen molar-refractivity contribution in [3.05, 3.63) is 52.4 Å². The molecule has 0 spiro atoms. The van der Waals surface area contributed by atoms with Crippen molar-refractivity contribution < 1.29 is 9.84 Å². The van der Waals surface area contributed by atoms with Gasteiger partial charge in [0.2, 0.25) is 5.95 Å². The Hall–Kier alpha value is -3.44. The van der Waals surface area contributed by atoms with Crippen molar-refractivity contribution in [3.63, 3.8) is 0 Å². The molecule has 1 aliphatic rings. The molecule has 29 heavy (non-hydrogen) atoms. The number of rotatable bonds is 6. The molecule has 8 heteroatoms. The van der Waals surface area contributed by atoms with E-state index in [0.717, 1.165) is 31.4 Å². The lowest BCUT2D eigenvalue weighted by atomic mass is 10.2. The first kappa shape index (κ1) is 18.9. The Balaban J connectivity index is 1.69. The number of nitrogens with one attached hydrogen (secondary N) is 1. The predicted octanol–water partition coefficient (Wildman–Crippen LogP) is 2.89. The van der Waals surface area contributed by atoms with Crippen molar-refractivity contribution >= 4 is 22.7 Å². The molecule has 0 atom stereocenters. The molecule has 148 valence electrons. The fourth-order valence-corrected chi connectivity index (χ4v) is 3.69. The standard InChI is InChI=1S/C21H21N5O3/c22-12-14-11-15-13-23-21(24-16-5-7-18(8-6-16)29-10-9-27)25-19(15)26(20(14)28)17-3-1-2-4-17/h5-8,11,13,17,27H,1-4,9-10H2,(H,23,24,25). The molecule has 2 heterocycles. The highest BCUT2D eigenvalue weighted by molar-refractivity contribution is 5.77. The van der Waals surface area contributed by atoms with Gasteiger partial charge in [-0.2, -0.15) is 10.2 Å². The van der Waals surface area contributed by atoms with Gasteiger partial charge in [-0.1, -0.05) is 12.8 Å². The summed E-state index contributed by atoms with van der Waals surface area (Å²) < 4.78 is 7.02. The van der Waals surface area contributed by atoms with Crippen LogP contribution >= 0.6 is 0 Å². The molecule has 3 aromatic rings. The van der Waals surface area contributed by atoms with Crippen LogP contribution in [0.25, 0.3) is 11.0 Å². The fourth-order valence-electron chi connectivity index (χ4n) is 3.69. The van der Waals surface area contributed by atoms with Crippen molar-refractivity contribution in [3.8, 4) is 11.8 Å². The van der Waals surface area contributed by atoms with E-state index in [1.165, 1.54) is 0 Å². The number of nitrogens with zero attached hydrogens (tertiary/aromatic N) is 4. The predicted molar refractivity (Wildman–Crippen MR) is 108 cm³/mol. The van der Waals surface area contributed by atoms with E-state index in [1.54, 1.807) is 29.0 Å². The third-order valence-corrected chi connectivity index (χ3v) is 5.05. The van der Waals surface area contributed by atoms with Crippen LogP contribution in [-0.4, -0.2) is 32.9 Å². The average Bonchev–Trinajstić information content (AvgIpc) is 3.27. The van der Waals surface area contributed by atoms with Gasteiger partial charge in [0.25, 0.3) is 5.56 Å². The maximum atomic E-state index is 12.8. The number of aliphatic hydroxyl groups is 1. The monoisotopic (exact) mass is 391 g/mol. The topological polar surface area (TPSA) is 113 Å². The summed E-state index contributed by atoms with van der Waals surface area (Å²) in [6.07, 6.45) is 5.58. The zero-order valence-corrected chi connectivity index (χ0v) is 15.8. The lowest BCUT2D eigenvalue weighted by Gasteiger charge is -2.17. The van der Waals surface area contributed by atoms with Crippen molar-refractivity contribution in [1.82, 2.24) is 14.5 Å². The molecule has 2 N–H and O–H groups in total. The first-order chi connectivity index (χ1) is 14.2. The number of aromatic nitrogens is 3. The Morgan fingerprint density at radius 1 is 1.28 bits per heavy atom. The minimum atomic E-state index is -0.290. The summed E-state index contributed by atoms with van der Waals surface area (Å²) in [6, 6.07) is 10.8. The van der Waals surface area contributed by atoms with E-state index in [2.05, 4.69) is 15.3 Å². The Labute approximate surface area is 167 Å². The van der Waals surface area contributed by atoms with Gasteiger partial charge >= 0.3 is 0 Å². The molecule has 0 amide bonds. The van der Waals surface area contributed by atoms with Crippen LogP contribution in [-0.2, 0) is 0 Å². The maximum absolute atomic E-state index is 12.8. The molecule has 4 rings (SSSR count). The summed E-state index contributed by atoms with van der Waals surface area (Å²) in [6.45, 7) is 0.199. The zero-order valence-electron chi connectivity index (χ0n) is 15.8. The van der Waals surface area contributed by atoms with Gasteiger partial charge in [0, 0.05) is 23.3 Å². The number of hydrogen-bond acceptors (Lipinski definition) is 7. The van der Waals surface area contributed by atoms with Gasteiger partial charge in [-0.05, 0) is 43.2 Å². The summed E-state index contributed by atoms with van der Waals surface area (Å²) in [5.41, 5.74) is 1.14. The molecular weight excluding hydrogens is 370 g/mol. The molecule has 2 aromatic heterocycles. The Morgan fingerprint density at radius 2 is 2.03 bits per heavy atom. The molecule has 1 saturated carbocycles. The number of pyridine rings is 1. The van der Waals surface area contributed by atoms with Gasteiger partial charge in [-0.3, -0.25) is 9.36 Å². The highest BCUT2D eigenvalue weighted by Gasteiger charge is 2.22. The normalized spacial score (nSPS) is 14.1. The van der Waals surface area contributed by atoms with Gasteiger partial charge in [0.05, 0.1) is 6.61 Å². The molecular formula is C21H21N5O3. The summed E-state index contributed by atoms with van der Waals surface area (Å²) in [5.74, 6) is 1.03. The van der Waals surface area contributed by atoms with Crippen LogP contribution in [0.15, 0.2) is 41.3 Å². The first-order valence-electron chi connectivity index (χ1n) is 9.63. The van der Waals surface area contributed by atoms with Crippen molar-refractivity contribution in [2.45, 2.75) is 31.7 Å². The van der Waals surface area contributed by atoms with E-state index in [-0.39, 0.29) is 30.4 Å². The molecule has 0 saturated heterocycles. The summed E-state index contributed by atoms with van der Waals surface area (Å²) >= 11 is 0. The van der Waals surface area contributed by atoms with E-state index in [4.69, 9.17) is 9.84 Å². The van der Waals surface area contributed by atoms with Crippen LogP contribution in [0.2, 0.25) is 0 Å². The first-order valence-corrected chi connectivity index (χ1v) is 9.63. The van der Waals surface area contributed by atoms with Gasteiger partial charge in [-0.25, -0.2) is 4.98 Å². The zero-order chi connectivity index (χ0) is 20.2. The van der Waals surface area contributed by atoms with Crippen LogP contribution in [0, 0.1) is 11.3 Å². The minimum Gasteiger partial charge on any atom is -0.491 e. The Morgan fingerprint density at radius 3 is 2.72 bits per heavy atom. The Kier molecular flexibility index (Phi) is 5.40. The summed E-state index contributed by atoms with van der Waals surface area (Å²) in [4.78, 5) is 21.7. The number of aliphatic hydroxyl groups excluding tert-OH is 1. The molecule has 0 unspecified atom stereocenters. The van der Waals surface area contributed by atoms with E-state index in [1.807, 2.05) is 18.2 Å². The number of hydrogen-bond donors (Lipinski definition) is 2. The second kappa shape index (κ2) is 8.29. The quantitative estimate of drug-likeness (QED) is 0.664. The van der Waals surface area contributed by atoms with E-state index in [0.29, 0.717) is 22.7 Å². The number of nitriles is 1.